The van der Waals surface area contributed by atoms with Gasteiger partial charge in [-0.05, 0) is 43.7 Å². The summed E-state index contributed by atoms with van der Waals surface area (Å²) in [6.07, 6.45) is -0.543. The molecule has 170 valence electrons. The van der Waals surface area contributed by atoms with Crippen molar-refractivity contribution < 1.29 is 28.8 Å². The summed E-state index contributed by atoms with van der Waals surface area (Å²) in [5, 5.41) is 13.2. The molecule has 0 aromatic heterocycles. The van der Waals surface area contributed by atoms with E-state index in [1.165, 1.54) is 19.1 Å². The van der Waals surface area contributed by atoms with Crippen LogP contribution in [0.4, 0.5) is 11.4 Å². The van der Waals surface area contributed by atoms with Gasteiger partial charge in [-0.25, -0.2) is 0 Å². The molecule has 0 radical (unpaired) electrons. The van der Waals surface area contributed by atoms with Crippen LogP contribution in [0.2, 0.25) is 5.02 Å². The molecule has 0 spiro atoms. The van der Waals surface area contributed by atoms with Gasteiger partial charge in [0.05, 0.1) is 28.7 Å². The molecule has 0 saturated heterocycles. The molecular formula is C22H23ClN2O7. The largest absolute Gasteiger partial charge is 0.494 e. The SMILES string of the molecule is CCCOc1ccc(C(=O)CCC(=O)OC(C)C(=O)Nc2ccc([N+](=O)[O-])cc2Cl)cc1. The highest BCUT2D eigenvalue weighted by atomic mass is 35.5. The van der Waals surface area contributed by atoms with E-state index in [1.54, 1.807) is 24.3 Å². The van der Waals surface area contributed by atoms with Crippen LogP contribution in [-0.4, -0.2) is 35.3 Å². The average molecular weight is 463 g/mol. The number of nitro groups is 1. The summed E-state index contributed by atoms with van der Waals surface area (Å²) in [7, 11) is 0. The van der Waals surface area contributed by atoms with Gasteiger partial charge in [0.15, 0.2) is 11.9 Å². The van der Waals surface area contributed by atoms with Crippen LogP contribution in [0, 0.1) is 10.1 Å². The highest BCUT2D eigenvalue weighted by Crippen LogP contribution is 2.26. The van der Waals surface area contributed by atoms with Crippen molar-refractivity contribution in [2.75, 3.05) is 11.9 Å². The predicted octanol–water partition coefficient (Wildman–Crippen LogP) is 4.57. The van der Waals surface area contributed by atoms with Crippen LogP contribution < -0.4 is 10.1 Å². The number of nitro benzene ring substituents is 1. The van der Waals surface area contributed by atoms with Crippen molar-refractivity contribution in [3.05, 3.63) is 63.2 Å². The van der Waals surface area contributed by atoms with Crippen molar-refractivity contribution in [2.45, 2.75) is 39.2 Å². The van der Waals surface area contributed by atoms with Crippen molar-refractivity contribution >= 4 is 40.6 Å². The van der Waals surface area contributed by atoms with E-state index in [0.717, 1.165) is 12.5 Å². The summed E-state index contributed by atoms with van der Waals surface area (Å²) in [5.41, 5.74) is 0.368. The van der Waals surface area contributed by atoms with Crippen molar-refractivity contribution in [2.24, 2.45) is 0 Å². The number of anilines is 1. The number of carbonyl (C=O) groups excluding carboxylic acids is 3. The zero-order chi connectivity index (χ0) is 23.7. The molecule has 2 aromatic carbocycles. The molecule has 1 N–H and O–H groups in total. The molecule has 0 bridgehead atoms. The highest BCUT2D eigenvalue weighted by molar-refractivity contribution is 6.34. The zero-order valence-corrected chi connectivity index (χ0v) is 18.4. The number of hydrogen-bond donors (Lipinski definition) is 1. The lowest BCUT2D eigenvalue weighted by molar-refractivity contribution is -0.384. The van der Waals surface area contributed by atoms with E-state index in [4.69, 9.17) is 21.1 Å². The average Bonchev–Trinajstić information content (AvgIpc) is 2.77. The fourth-order valence-corrected chi connectivity index (χ4v) is 2.80. The first kappa shape index (κ1) is 24.8. The van der Waals surface area contributed by atoms with E-state index in [0.29, 0.717) is 17.9 Å². The van der Waals surface area contributed by atoms with E-state index in [-0.39, 0.29) is 35.0 Å². The number of Topliss-reactive ketones (excluding diaryl/α,β-unsaturated/α-hetero) is 1. The summed E-state index contributed by atoms with van der Waals surface area (Å²) >= 11 is 5.93. The lowest BCUT2D eigenvalue weighted by atomic mass is 10.1. The van der Waals surface area contributed by atoms with Crippen LogP contribution in [0.5, 0.6) is 5.75 Å². The monoisotopic (exact) mass is 462 g/mol. The number of benzene rings is 2. The molecular weight excluding hydrogens is 440 g/mol. The number of amides is 1. The van der Waals surface area contributed by atoms with E-state index < -0.39 is 22.9 Å². The Labute approximate surface area is 189 Å². The second kappa shape index (κ2) is 11.8. The van der Waals surface area contributed by atoms with Crippen molar-refractivity contribution in [1.82, 2.24) is 0 Å². The number of nitrogens with one attached hydrogen (secondary N) is 1. The molecule has 9 nitrogen and oxygen atoms in total. The number of non-ortho nitro benzene ring substituents is 1. The molecule has 0 saturated carbocycles. The molecule has 0 aliphatic carbocycles. The van der Waals surface area contributed by atoms with Crippen LogP contribution in [0.15, 0.2) is 42.5 Å². The molecule has 10 heteroatoms. The third kappa shape index (κ3) is 7.35. The Morgan fingerprint density at radius 1 is 1.12 bits per heavy atom. The first-order chi connectivity index (χ1) is 15.2. The Balaban J connectivity index is 1.82. The van der Waals surface area contributed by atoms with Gasteiger partial charge in [0.25, 0.3) is 11.6 Å². The Hall–Kier alpha value is -3.46. The van der Waals surface area contributed by atoms with E-state index >= 15 is 0 Å². The minimum Gasteiger partial charge on any atom is -0.494 e. The van der Waals surface area contributed by atoms with Gasteiger partial charge in [0.2, 0.25) is 0 Å². The van der Waals surface area contributed by atoms with Crippen molar-refractivity contribution in [3.63, 3.8) is 0 Å². The summed E-state index contributed by atoms with van der Waals surface area (Å²) < 4.78 is 10.5. The quantitative estimate of drug-likeness (QED) is 0.224. The number of hydrogen-bond acceptors (Lipinski definition) is 7. The fourth-order valence-electron chi connectivity index (χ4n) is 2.58. The normalized spacial score (nSPS) is 11.3. The molecule has 1 unspecified atom stereocenters. The second-order valence-corrected chi connectivity index (χ2v) is 7.25. The van der Waals surface area contributed by atoms with Gasteiger partial charge in [0, 0.05) is 24.1 Å². The molecule has 32 heavy (non-hydrogen) atoms. The van der Waals surface area contributed by atoms with E-state index in [1.807, 2.05) is 6.92 Å². The number of nitrogens with zero attached hydrogens (tertiary/aromatic N) is 1. The van der Waals surface area contributed by atoms with Crippen LogP contribution in [0.1, 0.15) is 43.5 Å². The van der Waals surface area contributed by atoms with Gasteiger partial charge >= 0.3 is 5.97 Å². The zero-order valence-electron chi connectivity index (χ0n) is 17.6. The summed E-state index contributed by atoms with van der Waals surface area (Å²) in [6, 6.07) is 10.2. The molecule has 0 heterocycles. The lowest BCUT2D eigenvalue weighted by Gasteiger charge is -2.14. The summed E-state index contributed by atoms with van der Waals surface area (Å²) in [5.74, 6) is -0.948. The second-order valence-electron chi connectivity index (χ2n) is 6.84. The lowest BCUT2D eigenvalue weighted by Crippen LogP contribution is -2.30. The Kier molecular flexibility index (Phi) is 9.15. The van der Waals surface area contributed by atoms with Crippen LogP contribution in [-0.2, 0) is 14.3 Å². The number of ketones is 1. The van der Waals surface area contributed by atoms with Crippen molar-refractivity contribution in [3.8, 4) is 5.75 Å². The molecule has 2 aromatic rings. The maximum atomic E-state index is 12.3. The number of halogens is 1. The predicted molar refractivity (Wildman–Crippen MR) is 118 cm³/mol. The van der Waals surface area contributed by atoms with Crippen LogP contribution in [0.25, 0.3) is 0 Å². The topological polar surface area (TPSA) is 125 Å². The smallest absolute Gasteiger partial charge is 0.307 e. The molecule has 1 atom stereocenters. The third-order valence-electron chi connectivity index (χ3n) is 4.30. The van der Waals surface area contributed by atoms with Gasteiger partial charge in [-0.15, -0.1) is 0 Å². The first-order valence-corrected chi connectivity index (χ1v) is 10.3. The minimum atomic E-state index is -1.15. The fraction of sp³-hybridized carbons (Fsp3) is 0.318. The van der Waals surface area contributed by atoms with Crippen molar-refractivity contribution in [1.29, 1.82) is 0 Å². The van der Waals surface area contributed by atoms with Gasteiger partial charge in [0.1, 0.15) is 5.75 Å². The number of esters is 1. The van der Waals surface area contributed by atoms with E-state index in [2.05, 4.69) is 5.32 Å². The highest BCUT2D eigenvalue weighted by Gasteiger charge is 2.20. The molecule has 0 aliphatic heterocycles. The minimum absolute atomic E-state index is 0.0252. The summed E-state index contributed by atoms with van der Waals surface area (Å²) in [4.78, 5) is 46.6. The van der Waals surface area contributed by atoms with Gasteiger partial charge in [-0.1, -0.05) is 18.5 Å². The number of carbonyl (C=O) groups is 3. The number of rotatable bonds is 11. The molecule has 0 aliphatic rings. The Morgan fingerprint density at radius 3 is 2.41 bits per heavy atom. The maximum absolute atomic E-state index is 12.3. The molecule has 2 rings (SSSR count). The standard InChI is InChI=1S/C22H23ClN2O7/c1-3-12-31-17-7-4-15(5-8-17)20(26)10-11-21(27)32-14(2)22(28)24-19-9-6-16(25(29)30)13-18(19)23/h4-9,13-14H,3,10-12H2,1-2H3,(H,24,28). The Bertz CT molecular complexity index is 992. The third-order valence-corrected chi connectivity index (χ3v) is 4.62. The number of ether oxygens (including phenoxy) is 2. The maximum Gasteiger partial charge on any atom is 0.307 e. The molecule has 0 fully saturated rings. The van der Waals surface area contributed by atoms with Gasteiger partial charge in [-0.2, -0.15) is 0 Å². The van der Waals surface area contributed by atoms with Gasteiger partial charge in [-0.3, -0.25) is 24.5 Å². The Morgan fingerprint density at radius 2 is 1.81 bits per heavy atom. The summed E-state index contributed by atoms with van der Waals surface area (Å²) in [6.45, 7) is 3.94. The first-order valence-electron chi connectivity index (χ1n) is 9.91. The van der Waals surface area contributed by atoms with E-state index in [9.17, 15) is 24.5 Å². The van der Waals surface area contributed by atoms with Crippen LogP contribution >= 0.6 is 11.6 Å². The van der Waals surface area contributed by atoms with Gasteiger partial charge < -0.3 is 14.8 Å². The van der Waals surface area contributed by atoms with Crippen LogP contribution in [0.3, 0.4) is 0 Å². The molecule has 1 amide bonds.